The SMILES string of the molecule is O=C(c1cc[c]cc1)N1CCS(=O)(=O)CC1. The molecule has 1 amide bonds. The predicted molar refractivity (Wildman–Crippen MR) is 59.8 cm³/mol. The minimum Gasteiger partial charge on any atom is -0.337 e. The smallest absolute Gasteiger partial charge is 0.253 e. The molecule has 0 aliphatic carbocycles. The van der Waals surface area contributed by atoms with Gasteiger partial charge in [-0.1, -0.05) is 12.1 Å². The van der Waals surface area contributed by atoms with Crippen molar-refractivity contribution in [2.75, 3.05) is 24.6 Å². The van der Waals surface area contributed by atoms with Crippen molar-refractivity contribution in [1.29, 1.82) is 0 Å². The fourth-order valence-corrected chi connectivity index (χ4v) is 2.83. The molecule has 0 unspecified atom stereocenters. The quantitative estimate of drug-likeness (QED) is 0.709. The van der Waals surface area contributed by atoms with E-state index in [4.69, 9.17) is 0 Å². The number of amides is 1. The van der Waals surface area contributed by atoms with Gasteiger partial charge in [0.1, 0.15) is 0 Å². The van der Waals surface area contributed by atoms with E-state index < -0.39 is 9.84 Å². The summed E-state index contributed by atoms with van der Waals surface area (Å²) in [5.41, 5.74) is 0.582. The molecule has 4 nitrogen and oxygen atoms in total. The first-order valence-corrected chi connectivity index (χ1v) is 6.86. The molecule has 1 aromatic rings. The Hall–Kier alpha value is -1.36. The zero-order valence-corrected chi connectivity index (χ0v) is 9.53. The van der Waals surface area contributed by atoms with Crippen molar-refractivity contribution >= 4 is 15.7 Å². The first kappa shape index (κ1) is 11.1. The fraction of sp³-hybridized carbons (Fsp3) is 0.364. The Morgan fingerprint density at radius 1 is 1.19 bits per heavy atom. The minimum absolute atomic E-state index is 0.0672. The fourth-order valence-electron chi connectivity index (χ4n) is 1.63. The van der Waals surface area contributed by atoms with Crippen molar-refractivity contribution in [3.05, 3.63) is 35.9 Å². The molecule has 0 spiro atoms. The number of carbonyl (C=O) groups excluding carboxylic acids is 1. The molecular weight excluding hydrogens is 226 g/mol. The van der Waals surface area contributed by atoms with Gasteiger partial charge in [0.05, 0.1) is 11.5 Å². The molecule has 5 heteroatoms. The van der Waals surface area contributed by atoms with Crippen molar-refractivity contribution in [1.82, 2.24) is 4.90 Å². The van der Waals surface area contributed by atoms with Gasteiger partial charge < -0.3 is 4.90 Å². The molecule has 0 saturated carbocycles. The van der Waals surface area contributed by atoms with Crippen LogP contribution in [0.4, 0.5) is 0 Å². The summed E-state index contributed by atoms with van der Waals surface area (Å²) in [6, 6.07) is 9.56. The third-order valence-corrected chi connectivity index (χ3v) is 4.21. The number of sulfone groups is 1. The van der Waals surface area contributed by atoms with Gasteiger partial charge in [-0.25, -0.2) is 8.42 Å². The highest BCUT2D eigenvalue weighted by Gasteiger charge is 2.25. The summed E-state index contributed by atoms with van der Waals surface area (Å²) in [5, 5.41) is 0. The molecule has 1 radical (unpaired) electrons. The summed E-state index contributed by atoms with van der Waals surface area (Å²) in [6.07, 6.45) is 0. The standard InChI is InChI=1S/C11H12NO3S/c13-11(10-4-2-1-3-5-10)12-6-8-16(14,15)9-7-12/h2-5H,6-9H2. The third-order valence-electron chi connectivity index (χ3n) is 2.60. The Kier molecular flexibility index (Phi) is 2.96. The van der Waals surface area contributed by atoms with Crippen LogP contribution in [0.3, 0.4) is 0 Å². The van der Waals surface area contributed by atoms with E-state index in [-0.39, 0.29) is 17.4 Å². The first-order valence-electron chi connectivity index (χ1n) is 5.04. The van der Waals surface area contributed by atoms with Gasteiger partial charge in [-0.2, -0.15) is 0 Å². The molecule has 0 bridgehead atoms. The highest BCUT2D eigenvalue weighted by molar-refractivity contribution is 7.91. The van der Waals surface area contributed by atoms with Gasteiger partial charge in [-0.05, 0) is 18.2 Å². The number of hydrogen-bond acceptors (Lipinski definition) is 3. The number of nitrogens with zero attached hydrogens (tertiary/aromatic N) is 1. The van der Waals surface area contributed by atoms with Gasteiger partial charge >= 0.3 is 0 Å². The summed E-state index contributed by atoms with van der Waals surface area (Å²) in [7, 11) is -2.93. The van der Waals surface area contributed by atoms with Gasteiger partial charge in [-0.3, -0.25) is 4.79 Å². The molecular formula is C11H12NO3S. The largest absolute Gasteiger partial charge is 0.337 e. The van der Waals surface area contributed by atoms with Gasteiger partial charge in [-0.15, -0.1) is 0 Å². The van der Waals surface area contributed by atoms with E-state index in [1.807, 2.05) is 0 Å². The zero-order valence-electron chi connectivity index (χ0n) is 8.72. The maximum Gasteiger partial charge on any atom is 0.253 e. The average molecular weight is 238 g/mol. The Morgan fingerprint density at radius 3 is 2.31 bits per heavy atom. The van der Waals surface area contributed by atoms with Crippen LogP contribution in [0, 0.1) is 6.07 Å². The lowest BCUT2D eigenvalue weighted by Gasteiger charge is -2.26. The second-order valence-corrected chi connectivity index (χ2v) is 6.04. The van der Waals surface area contributed by atoms with Gasteiger partial charge in [0.2, 0.25) is 0 Å². The van der Waals surface area contributed by atoms with Crippen molar-refractivity contribution < 1.29 is 13.2 Å². The molecule has 0 atom stereocenters. The highest BCUT2D eigenvalue weighted by Crippen LogP contribution is 2.09. The maximum atomic E-state index is 11.9. The Balaban J connectivity index is 2.08. The average Bonchev–Trinajstić information content (AvgIpc) is 2.29. The summed E-state index contributed by atoms with van der Waals surface area (Å²) >= 11 is 0. The van der Waals surface area contributed by atoms with E-state index in [0.29, 0.717) is 18.7 Å². The number of hydrogen-bond donors (Lipinski definition) is 0. The van der Waals surface area contributed by atoms with Crippen LogP contribution in [0.1, 0.15) is 10.4 Å². The van der Waals surface area contributed by atoms with E-state index >= 15 is 0 Å². The molecule has 1 fully saturated rings. The van der Waals surface area contributed by atoms with Gasteiger partial charge in [0.15, 0.2) is 9.84 Å². The van der Waals surface area contributed by atoms with Gasteiger partial charge in [0.25, 0.3) is 5.91 Å². The first-order chi connectivity index (χ1) is 7.58. The molecule has 1 saturated heterocycles. The molecule has 16 heavy (non-hydrogen) atoms. The highest BCUT2D eigenvalue weighted by atomic mass is 32.2. The van der Waals surface area contributed by atoms with Crippen LogP contribution in [0.5, 0.6) is 0 Å². The van der Waals surface area contributed by atoms with E-state index in [1.165, 1.54) is 0 Å². The van der Waals surface area contributed by atoms with Crippen molar-refractivity contribution in [3.8, 4) is 0 Å². The third kappa shape index (κ3) is 2.41. The van der Waals surface area contributed by atoms with Crippen molar-refractivity contribution in [3.63, 3.8) is 0 Å². The summed E-state index contributed by atoms with van der Waals surface area (Å²) < 4.78 is 22.4. The monoisotopic (exact) mass is 238 g/mol. The number of rotatable bonds is 1. The maximum absolute atomic E-state index is 11.9. The Labute approximate surface area is 94.8 Å². The van der Waals surface area contributed by atoms with Crippen molar-refractivity contribution in [2.24, 2.45) is 0 Å². The molecule has 85 valence electrons. The topological polar surface area (TPSA) is 54.5 Å². The zero-order chi connectivity index (χ0) is 11.6. The van der Waals surface area contributed by atoms with Crippen LogP contribution in [0.2, 0.25) is 0 Å². The molecule has 1 aliphatic rings. The second kappa shape index (κ2) is 4.25. The summed E-state index contributed by atoms with van der Waals surface area (Å²) in [5.74, 6) is 0.0268. The minimum atomic E-state index is -2.93. The Morgan fingerprint density at radius 2 is 1.75 bits per heavy atom. The van der Waals surface area contributed by atoms with E-state index in [0.717, 1.165) is 0 Å². The van der Waals surface area contributed by atoms with Crippen LogP contribution < -0.4 is 0 Å². The number of benzene rings is 1. The van der Waals surface area contributed by atoms with Crippen LogP contribution in [0.15, 0.2) is 24.3 Å². The van der Waals surface area contributed by atoms with E-state index in [9.17, 15) is 13.2 Å². The normalized spacial score (nSPS) is 19.4. The predicted octanol–water partition coefficient (Wildman–Crippen LogP) is 0.357. The van der Waals surface area contributed by atoms with Crippen molar-refractivity contribution in [2.45, 2.75) is 0 Å². The van der Waals surface area contributed by atoms with Crippen LogP contribution in [-0.4, -0.2) is 43.8 Å². The molecule has 0 N–H and O–H groups in total. The molecule has 1 aromatic carbocycles. The molecule has 0 aromatic heterocycles. The lowest BCUT2D eigenvalue weighted by atomic mass is 10.2. The molecule has 1 heterocycles. The van der Waals surface area contributed by atoms with Crippen LogP contribution in [-0.2, 0) is 9.84 Å². The van der Waals surface area contributed by atoms with E-state index in [1.54, 1.807) is 29.2 Å². The van der Waals surface area contributed by atoms with Crippen LogP contribution >= 0.6 is 0 Å². The summed E-state index contributed by atoms with van der Waals surface area (Å²) in [6.45, 7) is 0.583. The van der Waals surface area contributed by atoms with Gasteiger partial charge in [0, 0.05) is 18.7 Å². The Bertz CT molecular complexity index is 467. The summed E-state index contributed by atoms with van der Waals surface area (Å²) in [4.78, 5) is 13.5. The molecule has 1 aliphatic heterocycles. The lowest BCUT2D eigenvalue weighted by Crippen LogP contribution is -2.43. The number of carbonyl (C=O) groups is 1. The lowest BCUT2D eigenvalue weighted by molar-refractivity contribution is 0.0770. The van der Waals surface area contributed by atoms with Crippen LogP contribution in [0.25, 0.3) is 0 Å². The van der Waals surface area contributed by atoms with E-state index in [2.05, 4.69) is 6.07 Å². The molecule has 2 rings (SSSR count). The second-order valence-electron chi connectivity index (χ2n) is 3.73.